The maximum Gasteiger partial charge on any atom is 0.223 e. The summed E-state index contributed by atoms with van der Waals surface area (Å²) in [5, 5.41) is 27.5. The van der Waals surface area contributed by atoms with Gasteiger partial charge in [0.2, 0.25) is 5.91 Å². The highest BCUT2D eigenvalue weighted by Crippen LogP contribution is 2.31. The fraction of sp³-hybridized carbons (Fsp3) is 0.654. The van der Waals surface area contributed by atoms with Crippen LogP contribution in [0.25, 0.3) is 6.08 Å². The van der Waals surface area contributed by atoms with Gasteiger partial charge in [-0.15, -0.1) is 11.3 Å². The molecule has 0 fully saturated rings. The van der Waals surface area contributed by atoms with E-state index < -0.39 is 23.5 Å². The number of hydrogen-bond acceptors (Lipinski definition) is 6. The fourth-order valence-electron chi connectivity index (χ4n) is 4.30. The van der Waals surface area contributed by atoms with E-state index in [1.165, 1.54) is 0 Å². The van der Waals surface area contributed by atoms with E-state index in [1.807, 2.05) is 32.2 Å². The third kappa shape index (κ3) is 7.59. The van der Waals surface area contributed by atoms with Gasteiger partial charge in [0.15, 0.2) is 0 Å². The molecule has 3 N–H and O–H groups in total. The quantitative estimate of drug-likeness (QED) is 0.548. The summed E-state index contributed by atoms with van der Waals surface area (Å²) < 4.78 is 0. The maximum atomic E-state index is 13.1. The van der Waals surface area contributed by atoms with Crippen molar-refractivity contribution in [1.82, 2.24) is 10.3 Å². The number of thiazole rings is 1. The first-order valence-electron chi connectivity index (χ1n) is 11.9. The molecule has 5 unspecified atom stereocenters. The Hall–Kier alpha value is -1.83. The lowest BCUT2D eigenvalue weighted by atomic mass is 9.73. The number of amides is 1. The number of allylic oxidation sites excluding steroid dienone is 1. The van der Waals surface area contributed by atoms with Crippen LogP contribution in [0.4, 0.5) is 0 Å². The average Bonchev–Trinajstić information content (AvgIpc) is 3.16. The van der Waals surface area contributed by atoms with Crippen LogP contribution < -0.4 is 5.32 Å². The zero-order valence-corrected chi connectivity index (χ0v) is 21.6. The summed E-state index contributed by atoms with van der Waals surface area (Å²) in [6.45, 7) is 10.9. The van der Waals surface area contributed by atoms with Crippen LogP contribution in [0.2, 0.25) is 0 Å². The number of aryl methyl sites for hydroxylation is 1. The van der Waals surface area contributed by atoms with Gasteiger partial charge >= 0.3 is 0 Å². The van der Waals surface area contributed by atoms with Crippen molar-refractivity contribution in [3.05, 3.63) is 33.8 Å². The number of nitrogens with one attached hydrogen (secondary N) is 1. The van der Waals surface area contributed by atoms with Gasteiger partial charge in [0.1, 0.15) is 5.78 Å². The van der Waals surface area contributed by atoms with Crippen LogP contribution >= 0.6 is 11.3 Å². The molecule has 33 heavy (non-hydrogen) atoms. The minimum Gasteiger partial charge on any atom is -0.392 e. The third-order valence-electron chi connectivity index (χ3n) is 6.82. The molecule has 6 nitrogen and oxygen atoms in total. The smallest absolute Gasteiger partial charge is 0.223 e. The van der Waals surface area contributed by atoms with Crippen molar-refractivity contribution in [2.24, 2.45) is 17.3 Å². The highest BCUT2D eigenvalue weighted by molar-refractivity contribution is 7.09. The second-order valence-electron chi connectivity index (χ2n) is 10.0. The van der Waals surface area contributed by atoms with E-state index in [9.17, 15) is 19.8 Å². The van der Waals surface area contributed by atoms with E-state index in [1.54, 1.807) is 32.1 Å². The molecule has 1 aromatic heterocycles. The van der Waals surface area contributed by atoms with Gasteiger partial charge < -0.3 is 15.5 Å². The highest BCUT2D eigenvalue weighted by atomic mass is 32.1. The molecule has 0 aromatic carbocycles. The van der Waals surface area contributed by atoms with Crippen molar-refractivity contribution in [3.8, 4) is 0 Å². The van der Waals surface area contributed by atoms with E-state index in [2.05, 4.69) is 22.5 Å². The van der Waals surface area contributed by atoms with Gasteiger partial charge in [0.25, 0.3) is 0 Å². The molecule has 1 aliphatic rings. The van der Waals surface area contributed by atoms with Crippen molar-refractivity contribution < 1.29 is 19.8 Å². The van der Waals surface area contributed by atoms with Gasteiger partial charge in [-0.25, -0.2) is 4.98 Å². The Morgan fingerprint density at radius 2 is 1.94 bits per heavy atom. The van der Waals surface area contributed by atoms with Crippen molar-refractivity contribution >= 4 is 29.1 Å². The second-order valence-corrected chi connectivity index (χ2v) is 11.1. The minimum atomic E-state index is -1.15. The normalized spacial score (nSPS) is 31.8. The Kier molecular flexibility index (Phi) is 10.0. The Bertz CT molecular complexity index is 873. The lowest BCUT2D eigenvalue weighted by Crippen LogP contribution is -2.47. The Morgan fingerprint density at radius 1 is 1.24 bits per heavy atom. The lowest BCUT2D eigenvalue weighted by Gasteiger charge is -2.34. The van der Waals surface area contributed by atoms with E-state index >= 15 is 0 Å². The Morgan fingerprint density at radius 3 is 2.58 bits per heavy atom. The molecule has 0 bridgehead atoms. The number of rotatable bonds is 2. The molecular weight excluding hydrogens is 436 g/mol. The summed E-state index contributed by atoms with van der Waals surface area (Å²) in [7, 11) is 0. The van der Waals surface area contributed by atoms with Gasteiger partial charge in [-0.1, -0.05) is 39.8 Å². The topological polar surface area (TPSA) is 99.5 Å². The summed E-state index contributed by atoms with van der Waals surface area (Å²) in [5.74, 6) is -1.17. The predicted molar refractivity (Wildman–Crippen MR) is 134 cm³/mol. The largest absolute Gasteiger partial charge is 0.392 e. The van der Waals surface area contributed by atoms with Crippen molar-refractivity contribution in [2.45, 2.75) is 91.9 Å². The first-order chi connectivity index (χ1) is 15.4. The van der Waals surface area contributed by atoms with Crippen LogP contribution in [0.15, 0.2) is 23.1 Å². The standard InChI is InChI=1S/C26H40N2O4S/c1-16-11-9-7-8-10-12-21(17(2)13-20-15-33-19(4)27-20)28-23(30)14-22(29)26(5,6)25(32)18(3)24(16)31/h8,10,13,15-16,18,21-22,24,29,31H,7,9,11-12,14H2,1-6H3,(H,28,30)/b10-8+,17-13+. The molecular formula is C26H40N2O4S. The van der Waals surface area contributed by atoms with Crippen molar-refractivity contribution in [3.63, 3.8) is 0 Å². The van der Waals surface area contributed by atoms with Gasteiger partial charge in [-0.3, -0.25) is 9.59 Å². The predicted octanol–water partition coefficient (Wildman–Crippen LogP) is 4.45. The molecule has 2 heterocycles. The van der Waals surface area contributed by atoms with Crippen LogP contribution in [0.1, 0.15) is 77.4 Å². The number of aliphatic hydroxyl groups is 2. The van der Waals surface area contributed by atoms with Crippen LogP contribution in [0.3, 0.4) is 0 Å². The molecule has 5 atom stereocenters. The van der Waals surface area contributed by atoms with E-state index in [0.29, 0.717) is 6.42 Å². The Labute approximate surface area is 202 Å². The summed E-state index contributed by atoms with van der Waals surface area (Å²) in [6, 6.07) is -0.227. The number of aliphatic hydroxyl groups excluding tert-OH is 2. The minimum absolute atomic E-state index is 0.0269. The van der Waals surface area contributed by atoms with Gasteiger partial charge in [-0.2, -0.15) is 0 Å². The van der Waals surface area contributed by atoms with Crippen LogP contribution in [0, 0.1) is 24.2 Å². The zero-order valence-electron chi connectivity index (χ0n) is 20.8. The molecule has 0 spiro atoms. The molecule has 1 aliphatic heterocycles. The number of nitrogens with zero attached hydrogens (tertiary/aromatic N) is 1. The first-order valence-corrected chi connectivity index (χ1v) is 12.8. The van der Waals surface area contributed by atoms with Gasteiger partial charge in [-0.05, 0) is 57.1 Å². The number of carbonyl (C=O) groups excluding carboxylic acids is 2. The highest BCUT2D eigenvalue weighted by Gasteiger charge is 2.42. The van der Waals surface area contributed by atoms with Crippen LogP contribution in [-0.2, 0) is 9.59 Å². The number of ketones is 1. The zero-order chi connectivity index (χ0) is 24.8. The second kappa shape index (κ2) is 12.0. The third-order valence-corrected chi connectivity index (χ3v) is 7.61. The van der Waals surface area contributed by atoms with Gasteiger partial charge in [0, 0.05) is 11.3 Å². The van der Waals surface area contributed by atoms with Crippen LogP contribution in [-0.4, -0.2) is 45.1 Å². The number of carbonyl (C=O) groups is 2. The summed E-state index contributed by atoms with van der Waals surface area (Å²) >= 11 is 1.58. The molecule has 0 radical (unpaired) electrons. The molecule has 0 saturated heterocycles. The monoisotopic (exact) mass is 476 g/mol. The molecule has 2 rings (SSSR count). The van der Waals surface area contributed by atoms with E-state index in [0.717, 1.165) is 35.5 Å². The average molecular weight is 477 g/mol. The number of Topliss-reactive ketones (excluding diaryl/α,β-unsaturated/α-hetero) is 1. The van der Waals surface area contributed by atoms with Crippen molar-refractivity contribution in [1.29, 1.82) is 0 Å². The SMILES string of the molecule is C/C(=C\c1csc(C)n1)C1C/C=C/CCCC(C)C(O)C(C)C(=O)C(C)(C)C(O)CC(=O)N1. The maximum absolute atomic E-state index is 13.1. The Balaban J connectivity index is 2.27. The first kappa shape index (κ1) is 27.4. The van der Waals surface area contributed by atoms with Gasteiger partial charge in [0.05, 0.1) is 40.8 Å². The summed E-state index contributed by atoms with van der Waals surface area (Å²) in [6.07, 6.45) is 7.29. The molecule has 7 heteroatoms. The molecule has 0 aliphatic carbocycles. The lowest BCUT2D eigenvalue weighted by molar-refractivity contribution is -0.143. The summed E-state index contributed by atoms with van der Waals surface area (Å²) in [5.41, 5.74) is 0.704. The number of hydrogen-bond donors (Lipinski definition) is 3. The molecule has 0 saturated carbocycles. The fourth-order valence-corrected chi connectivity index (χ4v) is 4.87. The van der Waals surface area contributed by atoms with Crippen LogP contribution in [0.5, 0.6) is 0 Å². The van der Waals surface area contributed by atoms with E-state index in [4.69, 9.17) is 0 Å². The van der Waals surface area contributed by atoms with Crippen molar-refractivity contribution in [2.75, 3.05) is 0 Å². The molecule has 1 amide bonds. The van der Waals surface area contributed by atoms with E-state index in [-0.39, 0.29) is 30.1 Å². The molecule has 184 valence electrons. The number of aromatic nitrogens is 1. The summed E-state index contributed by atoms with van der Waals surface area (Å²) in [4.78, 5) is 30.5. The molecule has 1 aromatic rings.